The summed E-state index contributed by atoms with van der Waals surface area (Å²) in [5, 5.41) is 0.656. The van der Waals surface area contributed by atoms with E-state index in [1.807, 2.05) is 17.0 Å². The number of amides is 1. The van der Waals surface area contributed by atoms with Crippen LogP contribution in [0.4, 0.5) is 0 Å². The van der Waals surface area contributed by atoms with Crippen molar-refractivity contribution in [3.63, 3.8) is 0 Å². The van der Waals surface area contributed by atoms with Crippen molar-refractivity contribution >= 4 is 40.1 Å². The van der Waals surface area contributed by atoms with E-state index in [0.717, 1.165) is 35.4 Å². The number of likely N-dealkylation sites (tertiary alicyclic amines) is 1. The van der Waals surface area contributed by atoms with Crippen LogP contribution in [0.25, 0.3) is 0 Å². The molecule has 2 nitrogen and oxygen atoms in total. The molecule has 0 atom stereocenters. The first kappa shape index (κ1) is 15.1. The number of piperidine rings is 1. The van der Waals surface area contributed by atoms with E-state index in [1.54, 1.807) is 6.07 Å². The number of benzene rings is 1. The average molecular weight is 392 g/mol. The Labute approximate surface area is 133 Å². The highest BCUT2D eigenvalue weighted by atomic mass is 127. The molecule has 1 aliphatic heterocycles. The predicted molar refractivity (Wildman–Crippen MR) is 87.6 cm³/mol. The Bertz CT molecular complexity index is 467. The van der Waals surface area contributed by atoms with E-state index >= 15 is 0 Å². The molecule has 0 aliphatic carbocycles. The van der Waals surface area contributed by atoms with Crippen LogP contribution in [0.15, 0.2) is 18.2 Å². The average Bonchev–Trinajstić information content (AvgIpc) is 2.41. The Morgan fingerprint density at radius 3 is 2.53 bits per heavy atom. The van der Waals surface area contributed by atoms with E-state index < -0.39 is 0 Å². The summed E-state index contributed by atoms with van der Waals surface area (Å²) in [5.41, 5.74) is 0.702. The Balaban J connectivity index is 2.03. The summed E-state index contributed by atoms with van der Waals surface area (Å²) in [4.78, 5) is 14.4. The second-order valence-corrected chi connectivity index (χ2v) is 7.07. The van der Waals surface area contributed by atoms with E-state index in [9.17, 15) is 4.79 Å². The largest absolute Gasteiger partial charge is 0.339 e. The van der Waals surface area contributed by atoms with Crippen LogP contribution in [0.5, 0.6) is 0 Å². The van der Waals surface area contributed by atoms with Crippen LogP contribution >= 0.6 is 34.2 Å². The lowest BCUT2D eigenvalue weighted by Gasteiger charge is -2.34. The maximum atomic E-state index is 12.4. The van der Waals surface area contributed by atoms with Crippen molar-refractivity contribution < 1.29 is 4.79 Å². The molecule has 1 saturated heterocycles. The fourth-order valence-corrected chi connectivity index (χ4v) is 3.10. The third-order valence-electron chi connectivity index (χ3n) is 3.94. The Morgan fingerprint density at radius 2 is 2.00 bits per heavy atom. The molecule has 1 aromatic carbocycles. The summed E-state index contributed by atoms with van der Waals surface area (Å²) in [6, 6.07) is 5.54. The van der Waals surface area contributed by atoms with Gasteiger partial charge in [0.1, 0.15) is 0 Å². The van der Waals surface area contributed by atoms with Crippen LogP contribution in [0, 0.1) is 15.4 Å². The highest BCUT2D eigenvalue weighted by Crippen LogP contribution is 2.26. The molecule has 0 saturated carbocycles. The van der Waals surface area contributed by atoms with Crippen LogP contribution in [0.1, 0.15) is 37.0 Å². The van der Waals surface area contributed by atoms with Gasteiger partial charge in [0.05, 0.1) is 5.02 Å². The number of nitrogens with zero attached hydrogens (tertiary/aromatic N) is 1. The van der Waals surface area contributed by atoms with Crippen molar-refractivity contribution in [2.45, 2.75) is 26.7 Å². The summed E-state index contributed by atoms with van der Waals surface area (Å²) in [6.45, 7) is 6.26. The molecule has 0 unspecified atom stereocenters. The third-order valence-corrected chi connectivity index (χ3v) is 5.51. The predicted octanol–water partition coefficient (Wildman–Crippen LogP) is 4.45. The summed E-state index contributed by atoms with van der Waals surface area (Å²) in [6.07, 6.45) is 2.23. The van der Waals surface area contributed by atoms with Crippen LogP contribution < -0.4 is 0 Å². The smallest absolute Gasteiger partial charge is 0.253 e. The minimum absolute atomic E-state index is 0.112. The topological polar surface area (TPSA) is 20.3 Å². The summed E-state index contributed by atoms with van der Waals surface area (Å²) in [7, 11) is 0. The number of carbonyl (C=O) groups is 1. The SMILES string of the molecule is CC(C)C1CCN(C(=O)c2ccc(I)c(Cl)c2)CC1. The monoisotopic (exact) mass is 391 g/mol. The van der Waals surface area contributed by atoms with Crippen molar-refractivity contribution in [3.8, 4) is 0 Å². The minimum atomic E-state index is 0.112. The van der Waals surface area contributed by atoms with Gasteiger partial charge < -0.3 is 4.90 Å². The van der Waals surface area contributed by atoms with Crippen LogP contribution in [0.2, 0.25) is 5.02 Å². The van der Waals surface area contributed by atoms with E-state index in [0.29, 0.717) is 16.5 Å². The number of carbonyl (C=O) groups excluding carboxylic acids is 1. The fraction of sp³-hybridized carbons (Fsp3) is 0.533. The molecule has 1 amide bonds. The normalized spacial score (nSPS) is 17.0. The van der Waals surface area contributed by atoms with Gasteiger partial charge in [-0.05, 0) is 65.5 Å². The molecule has 1 fully saturated rings. The van der Waals surface area contributed by atoms with E-state index in [1.165, 1.54) is 0 Å². The summed E-state index contributed by atoms with van der Waals surface area (Å²) < 4.78 is 0.981. The van der Waals surface area contributed by atoms with Crippen molar-refractivity contribution in [1.82, 2.24) is 4.90 Å². The van der Waals surface area contributed by atoms with Gasteiger partial charge in [-0.25, -0.2) is 0 Å². The molecule has 104 valence electrons. The molecule has 2 rings (SSSR count). The number of rotatable bonds is 2. The van der Waals surface area contributed by atoms with Gasteiger partial charge in [-0.2, -0.15) is 0 Å². The molecule has 4 heteroatoms. The van der Waals surface area contributed by atoms with Crippen molar-refractivity contribution in [2.24, 2.45) is 11.8 Å². The highest BCUT2D eigenvalue weighted by Gasteiger charge is 2.25. The van der Waals surface area contributed by atoms with Crippen LogP contribution in [-0.2, 0) is 0 Å². The van der Waals surface area contributed by atoms with E-state index in [4.69, 9.17) is 11.6 Å². The van der Waals surface area contributed by atoms with Gasteiger partial charge in [0.15, 0.2) is 0 Å². The number of hydrogen-bond donors (Lipinski definition) is 0. The second-order valence-electron chi connectivity index (χ2n) is 5.50. The quantitative estimate of drug-likeness (QED) is 0.682. The standard InChI is InChI=1S/C15H19ClINO/c1-10(2)11-5-7-18(8-6-11)15(19)12-3-4-14(17)13(16)9-12/h3-4,9-11H,5-8H2,1-2H3. The van der Waals surface area contributed by atoms with Crippen molar-refractivity contribution in [2.75, 3.05) is 13.1 Å². The van der Waals surface area contributed by atoms with Crippen molar-refractivity contribution in [1.29, 1.82) is 0 Å². The van der Waals surface area contributed by atoms with Crippen LogP contribution in [-0.4, -0.2) is 23.9 Å². The summed E-state index contributed by atoms with van der Waals surface area (Å²) >= 11 is 8.26. The van der Waals surface area contributed by atoms with Gasteiger partial charge in [-0.15, -0.1) is 0 Å². The molecule has 1 aliphatic rings. The van der Waals surface area contributed by atoms with E-state index in [-0.39, 0.29) is 5.91 Å². The number of hydrogen-bond acceptors (Lipinski definition) is 1. The molecule has 0 aromatic heterocycles. The maximum absolute atomic E-state index is 12.4. The lowest BCUT2D eigenvalue weighted by Crippen LogP contribution is -2.39. The summed E-state index contributed by atoms with van der Waals surface area (Å²) in [5.74, 6) is 1.58. The maximum Gasteiger partial charge on any atom is 0.253 e. The third kappa shape index (κ3) is 3.63. The number of halogens is 2. The second kappa shape index (κ2) is 6.44. The first-order chi connectivity index (χ1) is 8.99. The Hall–Kier alpha value is -0.290. The first-order valence-corrected chi connectivity index (χ1v) is 8.19. The lowest BCUT2D eigenvalue weighted by molar-refractivity contribution is 0.0667. The minimum Gasteiger partial charge on any atom is -0.339 e. The van der Waals surface area contributed by atoms with Gasteiger partial charge >= 0.3 is 0 Å². The molecular formula is C15H19ClINO. The van der Waals surface area contributed by atoms with Crippen LogP contribution in [0.3, 0.4) is 0 Å². The zero-order chi connectivity index (χ0) is 14.0. The Morgan fingerprint density at radius 1 is 1.37 bits per heavy atom. The van der Waals surface area contributed by atoms with Gasteiger partial charge in [0, 0.05) is 22.2 Å². The van der Waals surface area contributed by atoms with Crippen molar-refractivity contribution in [3.05, 3.63) is 32.4 Å². The molecule has 1 aromatic rings. The van der Waals surface area contributed by atoms with Gasteiger partial charge in [0.2, 0.25) is 0 Å². The molecule has 0 radical (unpaired) electrons. The molecular weight excluding hydrogens is 373 g/mol. The molecule has 1 heterocycles. The Kier molecular flexibility index (Phi) is 5.12. The lowest BCUT2D eigenvalue weighted by atomic mass is 9.86. The zero-order valence-corrected chi connectivity index (χ0v) is 14.2. The van der Waals surface area contributed by atoms with Gasteiger partial charge in [0.25, 0.3) is 5.91 Å². The van der Waals surface area contributed by atoms with Gasteiger partial charge in [-0.1, -0.05) is 25.4 Å². The molecule has 0 spiro atoms. The zero-order valence-electron chi connectivity index (χ0n) is 11.3. The molecule has 19 heavy (non-hydrogen) atoms. The van der Waals surface area contributed by atoms with E-state index in [2.05, 4.69) is 36.4 Å². The molecule has 0 bridgehead atoms. The van der Waals surface area contributed by atoms with Gasteiger partial charge in [-0.3, -0.25) is 4.79 Å². The molecule has 0 N–H and O–H groups in total. The fourth-order valence-electron chi connectivity index (χ4n) is 2.58. The first-order valence-electron chi connectivity index (χ1n) is 6.73. The highest BCUT2D eigenvalue weighted by molar-refractivity contribution is 14.1.